The van der Waals surface area contributed by atoms with E-state index in [0.717, 1.165) is 41.3 Å². The van der Waals surface area contributed by atoms with Gasteiger partial charge in [0.25, 0.3) is 5.56 Å². The number of pyridine rings is 1. The van der Waals surface area contributed by atoms with Gasteiger partial charge in [0.05, 0.1) is 5.52 Å². The summed E-state index contributed by atoms with van der Waals surface area (Å²) in [5, 5.41) is 0.996. The second kappa shape index (κ2) is 6.59. The highest BCUT2D eigenvalue weighted by Crippen LogP contribution is 2.35. The Kier molecular flexibility index (Phi) is 4.10. The van der Waals surface area contributed by atoms with Gasteiger partial charge in [0.15, 0.2) is 11.5 Å². The van der Waals surface area contributed by atoms with Crippen LogP contribution in [0.4, 0.5) is 0 Å². The Morgan fingerprint density at radius 1 is 1.00 bits per heavy atom. The Balaban J connectivity index is 1.31. The van der Waals surface area contributed by atoms with Crippen LogP contribution in [0.15, 0.2) is 23.0 Å². The molecule has 26 heavy (non-hydrogen) atoms. The van der Waals surface area contributed by atoms with E-state index < -0.39 is 0 Å². The van der Waals surface area contributed by atoms with Gasteiger partial charge >= 0.3 is 0 Å². The molecule has 3 aliphatic heterocycles. The van der Waals surface area contributed by atoms with E-state index in [-0.39, 0.29) is 12.4 Å². The van der Waals surface area contributed by atoms with Crippen molar-refractivity contribution in [2.24, 2.45) is 0 Å². The fourth-order valence-corrected chi connectivity index (χ4v) is 4.55. The summed E-state index contributed by atoms with van der Waals surface area (Å²) in [6.07, 6.45) is 5.13. The summed E-state index contributed by atoms with van der Waals surface area (Å²) in [6.45, 7) is 5.64. The molecule has 2 aromatic rings. The zero-order valence-corrected chi connectivity index (χ0v) is 15.0. The maximum absolute atomic E-state index is 12.5. The van der Waals surface area contributed by atoms with Gasteiger partial charge in [-0.15, -0.1) is 0 Å². The highest BCUT2D eigenvalue weighted by atomic mass is 16.7. The van der Waals surface area contributed by atoms with Gasteiger partial charge in [-0.25, -0.2) is 0 Å². The van der Waals surface area contributed by atoms with Crippen molar-refractivity contribution in [3.8, 4) is 11.5 Å². The van der Waals surface area contributed by atoms with Gasteiger partial charge in [0.1, 0.15) is 0 Å². The van der Waals surface area contributed by atoms with E-state index in [1.165, 1.54) is 38.8 Å². The number of hydrogen-bond acceptors (Lipinski definition) is 5. The van der Waals surface area contributed by atoms with E-state index in [4.69, 9.17) is 9.47 Å². The van der Waals surface area contributed by atoms with Crippen LogP contribution in [0, 0.1) is 0 Å². The minimum absolute atomic E-state index is 0.00182. The first-order valence-corrected chi connectivity index (χ1v) is 9.68. The normalized spacial score (nSPS) is 21.7. The quantitative estimate of drug-likeness (QED) is 0.916. The number of ether oxygens (including phenoxy) is 2. The number of likely N-dealkylation sites (tertiary alicyclic amines) is 2. The molecule has 5 rings (SSSR count). The highest BCUT2D eigenvalue weighted by molar-refractivity contribution is 5.83. The predicted octanol–water partition coefficient (Wildman–Crippen LogP) is 2.32. The molecule has 6 nitrogen and oxygen atoms in total. The first-order valence-electron chi connectivity index (χ1n) is 9.68. The lowest BCUT2D eigenvalue weighted by atomic mass is 10.0. The zero-order chi connectivity index (χ0) is 17.5. The third-order valence-corrected chi connectivity index (χ3v) is 6.02. The summed E-state index contributed by atoms with van der Waals surface area (Å²) >= 11 is 0. The maximum atomic E-state index is 12.5. The molecule has 0 unspecified atom stereocenters. The molecule has 0 atom stereocenters. The van der Waals surface area contributed by atoms with Crippen molar-refractivity contribution in [3.63, 3.8) is 0 Å². The van der Waals surface area contributed by atoms with Gasteiger partial charge in [-0.3, -0.25) is 9.69 Å². The zero-order valence-electron chi connectivity index (χ0n) is 15.0. The van der Waals surface area contributed by atoms with Crippen LogP contribution < -0.4 is 15.0 Å². The Labute approximate surface area is 152 Å². The molecule has 0 radical (unpaired) electrons. The molecule has 6 heteroatoms. The Morgan fingerprint density at radius 2 is 1.73 bits per heavy atom. The number of rotatable bonds is 3. The van der Waals surface area contributed by atoms with Gasteiger partial charge in [-0.1, -0.05) is 0 Å². The number of H-pyrrole nitrogens is 1. The van der Waals surface area contributed by atoms with Gasteiger partial charge in [0, 0.05) is 29.6 Å². The molecule has 3 aliphatic rings. The van der Waals surface area contributed by atoms with Gasteiger partial charge < -0.3 is 19.4 Å². The summed E-state index contributed by atoms with van der Waals surface area (Å²) in [6, 6.07) is 6.55. The second-order valence-electron chi connectivity index (χ2n) is 7.67. The Morgan fingerprint density at radius 3 is 2.50 bits per heavy atom. The standard InChI is InChI=1S/C20H25N3O3/c24-20-15(9-14-10-18-19(26-13-25-18)11-17(14)21-20)12-22-7-3-16(4-8-22)23-5-1-2-6-23/h9-11,16H,1-8,12-13H2,(H,21,24). The number of aromatic nitrogens is 1. The molecule has 4 heterocycles. The van der Waals surface area contributed by atoms with Crippen LogP contribution in [-0.2, 0) is 6.54 Å². The molecule has 2 fully saturated rings. The predicted molar refractivity (Wildman–Crippen MR) is 99.8 cm³/mol. The minimum atomic E-state index is -0.00182. The van der Waals surface area contributed by atoms with Crippen LogP contribution in [0.25, 0.3) is 10.9 Å². The number of hydrogen-bond donors (Lipinski definition) is 1. The molecule has 0 spiro atoms. The van der Waals surface area contributed by atoms with E-state index >= 15 is 0 Å². The van der Waals surface area contributed by atoms with Crippen molar-refractivity contribution in [2.75, 3.05) is 33.0 Å². The molecule has 1 aromatic carbocycles. The van der Waals surface area contributed by atoms with Crippen LogP contribution in [0.2, 0.25) is 0 Å². The Bertz CT molecular complexity index is 864. The van der Waals surface area contributed by atoms with E-state index in [1.807, 2.05) is 18.2 Å². The molecule has 1 aromatic heterocycles. The summed E-state index contributed by atoms with van der Waals surface area (Å²) in [5.74, 6) is 1.45. The monoisotopic (exact) mass is 355 g/mol. The van der Waals surface area contributed by atoms with Crippen LogP contribution in [-0.4, -0.2) is 53.8 Å². The van der Waals surface area contributed by atoms with E-state index in [0.29, 0.717) is 12.3 Å². The van der Waals surface area contributed by atoms with Crippen molar-refractivity contribution >= 4 is 10.9 Å². The molecule has 0 bridgehead atoms. The van der Waals surface area contributed by atoms with Crippen LogP contribution >= 0.6 is 0 Å². The molecule has 1 N–H and O–H groups in total. The van der Waals surface area contributed by atoms with Gasteiger partial charge in [-0.2, -0.15) is 0 Å². The maximum Gasteiger partial charge on any atom is 0.252 e. The summed E-state index contributed by atoms with van der Waals surface area (Å²) in [7, 11) is 0. The molecule has 0 aliphatic carbocycles. The largest absolute Gasteiger partial charge is 0.454 e. The lowest BCUT2D eigenvalue weighted by molar-refractivity contribution is 0.122. The third-order valence-electron chi connectivity index (χ3n) is 6.02. The second-order valence-corrected chi connectivity index (χ2v) is 7.67. The van der Waals surface area contributed by atoms with Crippen LogP contribution in [0.3, 0.4) is 0 Å². The molecule has 2 saturated heterocycles. The Hall–Kier alpha value is -2.05. The van der Waals surface area contributed by atoms with Crippen LogP contribution in [0.1, 0.15) is 31.2 Å². The van der Waals surface area contributed by atoms with Crippen molar-refractivity contribution in [1.82, 2.24) is 14.8 Å². The fourth-order valence-electron chi connectivity index (χ4n) is 4.55. The summed E-state index contributed by atoms with van der Waals surface area (Å²) in [4.78, 5) is 20.6. The topological polar surface area (TPSA) is 57.8 Å². The molecule has 0 amide bonds. The van der Waals surface area contributed by atoms with Gasteiger partial charge in [0.2, 0.25) is 6.79 Å². The van der Waals surface area contributed by atoms with Crippen molar-refractivity contribution in [3.05, 3.63) is 34.1 Å². The lowest BCUT2D eigenvalue weighted by Gasteiger charge is -2.36. The first-order chi connectivity index (χ1) is 12.8. The number of nitrogens with one attached hydrogen (secondary N) is 1. The van der Waals surface area contributed by atoms with Crippen molar-refractivity contribution in [1.29, 1.82) is 0 Å². The fraction of sp³-hybridized carbons (Fsp3) is 0.550. The number of nitrogens with zero attached hydrogens (tertiary/aromatic N) is 2. The number of fused-ring (bicyclic) bond motifs is 2. The highest BCUT2D eigenvalue weighted by Gasteiger charge is 2.26. The molecule has 138 valence electrons. The average molecular weight is 355 g/mol. The molecule has 0 saturated carbocycles. The third kappa shape index (κ3) is 2.97. The number of aromatic amines is 1. The number of benzene rings is 1. The van der Waals surface area contributed by atoms with E-state index in [9.17, 15) is 4.79 Å². The SMILES string of the molecule is O=c1[nH]c2cc3c(cc2cc1CN1CCC(N2CCCC2)CC1)OCO3. The van der Waals surface area contributed by atoms with Crippen molar-refractivity contribution in [2.45, 2.75) is 38.3 Å². The van der Waals surface area contributed by atoms with Gasteiger partial charge in [-0.05, 0) is 64.0 Å². The molecular formula is C20H25N3O3. The lowest BCUT2D eigenvalue weighted by Crippen LogP contribution is -2.43. The summed E-state index contributed by atoms with van der Waals surface area (Å²) in [5.41, 5.74) is 1.63. The van der Waals surface area contributed by atoms with E-state index in [2.05, 4.69) is 14.8 Å². The van der Waals surface area contributed by atoms with Crippen molar-refractivity contribution < 1.29 is 9.47 Å². The van der Waals surface area contributed by atoms with E-state index in [1.54, 1.807) is 0 Å². The average Bonchev–Trinajstić information content (AvgIpc) is 3.33. The minimum Gasteiger partial charge on any atom is -0.454 e. The molecular weight excluding hydrogens is 330 g/mol. The number of piperidine rings is 1. The summed E-state index contributed by atoms with van der Waals surface area (Å²) < 4.78 is 10.9. The van der Waals surface area contributed by atoms with Crippen LogP contribution in [0.5, 0.6) is 11.5 Å². The first kappa shape index (κ1) is 16.1. The smallest absolute Gasteiger partial charge is 0.252 e.